The van der Waals surface area contributed by atoms with E-state index in [0.29, 0.717) is 32.0 Å². The molecule has 0 aliphatic carbocycles. The number of carbonyl (C=O) groups is 1. The third kappa shape index (κ3) is 11.4. The molecule has 1 amide bonds. The molecule has 0 saturated carbocycles. The number of amides is 1. The molecule has 3 N–H and O–H groups in total. The predicted octanol–water partition coefficient (Wildman–Crippen LogP) is 2.59. The van der Waals surface area contributed by atoms with Gasteiger partial charge in [-0.15, -0.1) is 24.0 Å². The zero-order valence-corrected chi connectivity index (χ0v) is 20.6. The number of carbonyl (C=O) groups excluding carboxylic acids is 1. The van der Waals surface area contributed by atoms with Gasteiger partial charge in [0, 0.05) is 45.0 Å². The van der Waals surface area contributed by atoms with E-state index in [-0.39, 0.29) is 36.4 Å². The van der Waals surface area contributed by atoms with Crippen molar-refractivity contribution >= 4 is 35.8 Å². The van der Waals surface area contributed by atoms with Crippen LogP contribution in [0, 0.1) is 0 Å². The highest BCUT2D eigenvalue weighted by Gasteiger charge is 2.25. The van der Waals surface area contributed by atoms with E-state index in [2.05, 4.69) is 34.5 Å². The maximum absolute atomic E-state index is 12.4. The number of hydrogen-bond acceptors (Lipinski definition) is 4. The number of aliphatic hydroxyl groups is 1. The van der Waals surface area contributed by atoms with Gasteiger partial charge < -0.3 is 20.6 Å². The maximum atomic E-state index is 12.4. The quantitative estimate of drug-likeness (QED) is 0.225. The fourth-order valence-corrected chi connectivity index (χ4v) is 3.04. The Morgan fingerprint density at radius 3 is 2.45 bits per heavy atom. The van der Waals surface area contributed by atoms with Gasteiger partial charge in [0.05, 0.1) is 5.60 Å². The van der Waals surface area contributed by atoms with Crippen LogP contribution in [0.4, 0.5) is 0 Å². The molecule has 29 heavy (non-hydrogen) atoms. The van der Waals surface area contributed by atoms with E-state index in [0.717, 1.165) is 31.4 Å². The second kappa shape index (κ2) is 15.4. The number of aromatic nitrogens is 1. The van der Waals surface area contributed by atoms with Crippen molar-refractivity contribution in [1.82, 2.24) is 20.5 Å². The van der Waals surface area contributed by atoms with Crippen LogP contribution in [0.15, 0.2) is 29.4 Å². The molecule has 0 radical (unpaired) electrons. The summed E-state index contributed by atoms with van der Waals surface area (Å²) in [5, 5.41) is 17.1. The molecule has 0 saturated heterocycles. The first-order chi connectivity index (χ1) is 13.4. The summed E-state index contributed by atoms with van der Waals surface area (Å²) in [6.07, 6.45) is 5.79. The van der Waals surface area contributed by atoms with Gasteiger partial charge in [-0.1, -0.05) is 32.8 Å². The molecular weight excluding hydrogens is 481 g/mol. The number of likely N-dealkylation sites (N-methyl/N-ethyl adjacent to an activating group) is 1. The van der Waals surface area contributed by atoms with E-state index >= 15 is 0 Å². The van der Waals surface area contributed by atoms with Crippen molar-refractivity contribution in [2.75, 3.05) is 33.2 Å². The normalized spacial score (nSPS) is 11.6. The molecule has 1 aromatic heterocycles. The molecule has 0 unspecified atom stereocenters. The van der Waals surface area contributed by atoms with Crippen LogP contribution >= 0.6 is 24.0 Å². The van der Waals surface area contributed by atoms with E-state index in [1.54, 1.807) is 18.1 Å². The Labute approximate surface area is 192 Å². The van der Waals surface area contributed by atoms with E-state index in [1.165, 1.54) is 0 Å². The van der Waals surface area contributed by atoms with Gasteiger partial charge in [0.15, 0.2) is 5.96 Å². The van der Waals surface area contributed by atoms with Crippen LogP contribution in [0.3, 0.4) is 0 Å². The van der Waals surface area contributed by atoms with Crippen LogP contribution < -0.4 is 10.6 Å². The van der Waals surface area contributed by atoms with Crippen molar-refractivity contribution in [3.63, 3.8) is 0 Å². The first-order valence-electron chi connectivity index (χ1n) is 10.3. The lowest BCUT2D eigenvalue weighted by Crippen LogP contribution is -2.47. The summed E-state index contributed by atoms with van der Waals surface area (Å²) in [4.78, 5) is 22.7. The Bertz CT molecular complexity index is 592. The number of halogens is 1. The van der Waals surface area contributed by atoms with Gasteiger partial charge in [0.2, 0.25) is 5.91 Å². The Morgan fingerprint density at radius 1 is 1.21 bits per heavy atom. The molecule has 8 heteroatoms. The van der Waals surface area contributed by atoms with Crippen LogP contribution in [-0.4, -0.2) is 65.7 Å². The van der Waals surface area contributed by atoms with Crippen LogP contribution in [0.1, 0.15) is 52.1 Å². The molecule has 0 spiro atoms. The van der Waals surface area contributed by atoms with Gasteiger partial charge in [0.1, 0.15) is 6.54 Å². The van der Waals surface area contributed by atoms with Crippen molar-refractivity contribution in [1.29, 1.82) is 0 Å². The standard InChI is InChI=1S/C21H37N5O2.HI/c1-5-12-21(28,13-6-2)17-25-20(22-7-3)24-16-19(27)26(4)15-11-18-10-8-9-14-23-18;/h8-10,14,28H,5-7,11-13,15-17H2,1-4H3,(H2,22,24,25);1H. The lowest BCUT2D eigenvalue weighted by atomic mass is 9.93. The van der Waals surface area contributed by atoms with Gasteiger partial charge in [-0.2, -0.15) is 0 Å². The summed E-state index contributed by atoms with van der Waals surface area (Å²) >= 11 is 0. The Hall–Kier alpha value is -1.42. The van der Waals surface area contributed by atoms with E-state index in [1.807, 2.05) is 25.1 Å². The van der Waals surface area contributed by atoms with Gasteiger partial charge in [-0.05, 0) is 31.9 Å². The average Bonchev–Trinajstić information content (AvgIpc) is 2.69. The van der Waals surface area contributed by atoms with E-state index in [4.69, 9.17) is 0 Å². The first kappa shape index (κ1) is 27.6. The lowest BCUT2D eigenvalue weighted by Gasteiger charge is -2.28. The maximum Gasteiger partial charge on any atom is 0.244 e. The average molecular weight is 519 g/mol. The number of rotatable bonds is 12. The van der Waals surface area contributed by atoms with Crippen molar-refractivity contribution in [2.24, 2.45) is 4.99 Å². The molecule has 1 rings (SSSR count). The molecule has 1 aromatic rings. The number of pyridine rings is 1. The van der Waals surface area contributed by atoms with E-state index < -0.39 is 5.60 Å². The molecule has 7 nitrogen and oxygen atoms in total. The predicted molar refractivity (Wildman–Crippen MR) is 130 cm³/mol. The lowest BCUT2D eigenvalue weighted by molar-refractivity contribution is -0.128. The zero-order valence-electron chi connectivity index (χ0n) is 18.3. The van der Waals surface area contributed by atoms with Crippen LogP contribution in [0.5, 0.6) is 0 Å². The van der Waals surface area contributed by atoms with Crippen LogP contribution in [-0.2, 0) is 11.2 Å². The monoisotopic (exact) mass is 519 g/mol. The highest BCUT2D eigenvalue weighted by atomic mass is 127. The van der Waals surface area contributed by atoms with Crippen molar-refractivity contribution in [2.45, 2.75) is 58.5 Å². The molecular formula is C21H38IN5O2. The third-order valence-corrected chi connectivity index (χ3v) is 4.59. The van der Waals surface area contributed by atoms with Crippen molar-refractivity contribution < 1.29 is 9.90 Å². The Kier molecular flexibility index (Phi) is 14.7. The van der Waals surface area contributed by atoms with Crippen molar-refractivity contribution in [3.05, 3.63) is 30.1 Å². The molecule has 0 fully saturated rings. The summed E-state index contributed by atoms with van der Waals surface area (Å²) in [5.74, 6) is 0.505. The number of aliphatic imine (C=N–C) groups is 1. The summed E-state index contributed by atoms with van der Waals surface area (Å²) in [5.41, 5.74) is 0.218. The first-order valence-corrected chi connectivity index (χ1v) is 10.3. The van der Waals surface area contributed by atoms with Gasteiger partial charge >= 0.3 is 0 Å². The minimum atomic E-state index is -0.747. The topological polar surface area (TPSA) is 89.8 Å². The highest BCUT2D eigenvalue weighted by Crippen LogP contribution is 2.18. The Balaban J connectivity index is 0.00000784. The second-order valence-electron chi connectivity index (χ2n) is 7.16. The molecule has 166 valence electrons. The second-order valence-corrected chi connectivity index (χ2v) is 7.16. The number of nitrogens with zero attached hydrogens (tertiary/aromatic N) is 3. The number of hydrogen-bond donors (Lipinski definition) is 3. The van der Waals surface area contributed by atoms with E-state index in [9.17, 15) is 9.90 Å². The fraction of sp³-hybridized carbons (Fsp3) is 0.667. The minimum absolute atomic E-state index is 0. The molecule has 0 bridgehead atoms. The number of nitrogens with one attached hydrogen (secondary N) is 2. The summed E-state index contributed by atoms with van der Waals surface area (Å²) < 4.78 is 0. The molecule has 0 aliphatic rings. The highest BCUT2D eigenvalue weighted by molar-refractivity contribution is 14.0. The molecule has 0 aromatic carbocycles. The molecule has 0 aliphatic heterocycles. The SMILES string of the molecule is CCCC(O)(CCC)CNC(=NCC(=O)N(C)CCc1ccccn1)NCC.I. The molecule has 1 heterocycles. The zero-order chi connectivity index (χ0) is 20.8. The van der Waals surface area contributed by atoms with Gasteiger partial charge in [-0.25, -0.2) is 4.99 Å². The van der Waals surface area contributed by atoms with Crippen LogP contribution in [0.25, 0.3) is 0 Å². The fourth-order valence-electron chi connectivity index (χ4n) is 3.04. The van der Waals surface area contributed by atoms with Crippen LogP contribution in [0.2, 0.25) is 0 Å². The smallest absolute Gasteiger partial charge is 0.244 e. The summed E-state index contributed by atoms with van der Waals surface area (Å²) in [7, 11) is 1.78. The van der Waals surface area contributed by atoms with Gasteiger partial charge in [-0.3, -0.25) is 9.78 Å². The van der Waals surface area contributed by atoms with Gasteiger partial charge in [0.25, 0.3) is 0 Å². The third-order valence-electron chi connectivity index (χ3n) is 4.59. The number of guanidine groups is 1. The van der Waals surface area contributed by atoms with Crippen molar-refractivity contribution in [3.8, 4) is 0 Å². The summed E-state index contributed by atoms with van der Waals surface area (Å²) in [6, 6.07) is 5.78. The molecule has 0 atom stereocenters. The minimum Gasteiger partial charge on any atom is -0.388 e. The largest absolute Gasteiger partial charge is 0.388 e. The summed E-state index contributed by atoms with van der Waals surface area (Å²) in [6.45, 7) is 7.89. The Morgan fingerprint density at radius 2 is 1.90 bits per heavy atom.